The fraction of sp³-hybridized carbons (Fsp3) is 0.250. The van der Waals surface area contributed by atoms with Crippen LogP contribution in [0.15, 0.2) is 53.6 Å². The first-order valence-electron chi connectivity index (χ1n) is 8.54. The van der Waals surface area contributed by atoms with E-state index in [1.807, 2.05) is 31.2 Å². The second-order valence-electron chi connectivity index (χ2n) is 6.53. The second kappa shape index (κ2) is 7.54. The molecule has 1 aromatic heterocycles. The third-order valence-corrected chi connectivity index (χ3v) is 6.13. The smallest absolute Gasteiger partial charge is 0.324 e. The highest BCUT2D eigenvalue weighted by atomic mass is 32.2. The topological polar surface area (TPSA) is 88.3 Å². The Bertz CT molecular complexity index is 1090. The largest absolute Gasteiger partial charge is 0.468 e. The number of carbonyl (C=O) groups is 1. The van der Waals surface area contributed by atoms with Crippen molar-refractivity contribution in [2.24, 2.45) is 0 Å². The van der Waals surface area contributed by atoms with Crippen LogP contribution in [0.3, 0.4) is 0 Å². The van der Waals surface area contributed by atoms with Crippen molar-refractivity contribution in [1.29, 1.82) is 0 Å². The van der Waals surface area contributed by atoms with E-state index in [0.29, 0.717) is 5.56 Å². The van der Waals surface area contributed by atoms with Gasteiger partial charge in [0, 0.05) is 23.5 Å². The molecule has 6 nitrogen and oxygen atoms in total. The molecule has 2 N–H and O–H groups in total. The molecule has 0 aliphatic carbocycles. The predicted octanol–water partition coefficient (Wildman–Crippen LogP) is 2.85. The average molecular weight is 386 g/mol. The van der Waals surface area contributed by atoms with Crippen LogP contribution in [0.5, 0.6) is 0 Å². The molecule has 3 rings (SSSR count). The Kier molecular flexibility index (Phi) is 5.34. The molecule has 0 saturated carbocycles. The summed E-state index contributed by atoms with van der Waals surface area (Å²) in [6.07, 6.45) is 1.97. The molecule has 7 heteroatoms. The van der Waals surface area contributed by atoms with E-state index in [2.05, 4.69) is 9.71 Å². The van der Waals surface area contributed by atoms with Crippen molar-refractivity contribution >= 4 is 26.9 Å². The monoisotopic (exact) mass is 386 g/mol. The van der Waals surface area contributed by atoms with Gasteiger partial charge in [-0.2, -0.15) is 4.72 Å². The minimum atomic E-state index is -3.88. The summed E-state index contributed by atoms with van der Waals surface area (Å²) in [6.45, 7) is 3.62. The Labute approximate surface area is 158 Å². The number of rotatable bonds is 6. The first kappa shape index (κ1) is 19.1. The number of aromatic nitrogens is 1. The van der Waals surface area contributed by atoms with E-state index in [1.165, 1.54) is 7.11 Å². The fourth-order valence-corrected chi connectivity index (χ4v) is 4.60. The Balaban J connectivity index is 1.92. The van der Waals surface area contributed by atoms with Crippen LogP contribution in [0.2, 0.25) is 0 Å². The number of ether oxygens (including phenoxy) is 1. The summed E-state index contributed by atoms with van der Waals surface area (Å²) >= 11 is 0. The van der Waals surface area contributed by atoms with Gasteiger partial charge < -0.3 is 9.72 Å². The van der Waals surface area contributed by atoms with E-state index in [9.17, 15) is 13.2 Å². The Hall–Kier alpha value is -2.64. The van der Waals surface area contributed by atoms with Gasteiger partial charge in [-0.15, -0.1) is 0 Å². The number of carbonyl (C=O) groups excluding carboxylic acids is 1. The molecule has 142 valence electrons. The van der Waals surface area contributed by atoms with Crippen molar-refractivity contribution < 1.29 is 17.9 Å². The lowest BCUT2D eigenvalue weighted by Gasteiger charge is -2.17. The SMILES string of the molecule is COC(=O)C(Cc1c[nH]c2ccccc12)NS(=O)(=O)c1ccc(C)cc1C. The number of nitrogens with one attached hydrogen (secondary N) is 2. The molecular weight excluding hydrogens is 364 g/mol. The number of aryl methyl sites for hydroxylation is 2. The maximum absolute atomic E-state index is 12.9. The number of esters is 1. The average Bonchev–Trinajstić information content (AvgIpc) is 3.03. The maximum Gasteiger partial charge on any atom is 0.324 e. The zero-order valence-electron chi connectivity index (χ0n) is 15.4. The summed E-state index contributed by atoms with van der Waals surface area (Å²) < 4.78 is 33.1. The lowest BCUT2D eigenvalue weighted by Crippen LogP contribution is -2.43. The highest BCUT2D eigenvalue weighted by Gasteiger charge is 2.28. The van der Waals surface area contributed by atoms with E-state index in [1.54, 1.807) is 31.3 Å². The zero-order valence-corrected chi connectivity index (χ0v) is 16.3. The van der Waals surface area contributed by atoms with Crippen molar-refractivity contribution in [2.45, 2.75) is 31.2 Å². The summed E-state index contributed by atoms with van der Waals surface area (Å²) in [6, 6.07) is 11.7. The Morgan fingerprint density at radius 2 is 1.93 bits per heavy atom. The Morgan fingerprint density at radius 1 is 1.19 bits per heavy atom. The lowest BCUT2D eigenvalue weighted by atomic mass is 10.1. The van der Waals surface area contributed by atoms with Crippen molar-refractivity contribution in [3.05, 3.63) is 65.4 Å². The number of methoxy groups -OCH3 is 1. The van der Waals surface area contributed by atoms with Crippen molar-refractivity contribution in [1.82, 2.24) is 9.71 Å². The lowest BCUT2D eigenvalue weighted by molar-refractivity contribution is -0.142. The molecule has 0 aliphatic heterocycles. The number of fused-ring (bicyclic) bond motifs is 1. The van der Waals surface area contributed by atoms with Gasteiger partial charge in [-0.1, -0.05) is 35.9 Å². The molecule has 0 radical (unpaired) electrons. The van der Waals surface area contributed by atoms with E-state index in [0.717, 1.165) is 22.0 Å². The van der Waals surface area contributed by atoms with Gasteiger partial charge in [-0.25, -0.2) is 8.42 Å². The number of benzene rings is 2. The van der Waals surface area contributed by atoms with Crippen LogP contribution in [0.25, 0.3) is 10.9 Å². The highest BCUT2D eigenvalue weighted by molar-refractivity contribution is 7.89. The molecule has 27 heavy (non-hydrogen) atoms. The first-order valence-corrected chi connectivity index (χ1v) is 10.0. The van der Waals surface area contributed by atoms with Crippen LogP contribution in [-0.4, -0.2) is 32.5 Å². The van der Waals surface area contributed by atoms with Crippen LogP contribution in [0, 0.1) is 13.8 Å². The number of aromatic amines is 1. The van der Waals surface area contributed by atoms with Gasteiger partial charge >= 0.3 is 5.97 Å². The number of H-pyrrole nitrogens is 1. The molecule has 0 aliphatic rings. The van der Waals surface area contributed by atoms with Crippen molar-refractivity contribution in [3.8, 4) is 0 Å². The van der Waals surface area contributed by atoms with Crippen LogP contribution in [0.4, 0.5) is 0 Å². The molecule has 0 bridgehead atoms. The molecule has 0 fully saturated rings. The van der Waals surface area contributed by atoms with Gasteiger partial charge in [0.05, 0.1) is 12.0 Å². The van der Waals surface area contributed by atoms with Crippen molar-refractivity contribution in [2.75, 3.05) is 7.11 Å². The van der Waals surface area contributed by atoms with E-state index in [-0.39, 0.29) is 11.3 Å². The summed E-state index contributed by atoms with van der Waals surface area (Å²) in [5, 5.41) is 0.942. The third kappa shape index (κ3) is 4.04. The van der Waals surface area contributed by atoms with E-state index >= 15 is 0 Å². The van der Waals surface area contributed by atoms with Gasteiger partial charge in [0.2, 0.25) is 10.0 Å². The summed E-state index contributed by atoms with van der Waals surface area (Å²) in [5.41, 5.74) is 3.35. The van der Waals surface area contributed by atoms with Crippen LogP contribution in [-0.2, 0) is 26.0 Å². The molecule has 3 aromatic rings. The van der Waals surface area contributed by atoms with Gasteiger partial charge in [0.1, 0.15) is 6.04 Å². The van der Waals surface area contributed by atoms with E-state index in [4.69, 9.17) is 4.74 Å². The molecule has 1 heterocycles. The third-order valence-electron chi connectivity index (χ3n) is 4.50. The molecule has 2 aromatic carbocycles. The quantitative estimate of drug-likeness (QED) is 0.638. The van der Waals surface area contributed by atoms with Crippen LogP contribution < -0.4 is 4.72 Å². The first-order chi connectivity index (χ1) is 12.8. The maximum atomic E-state index is 12.9. The van der Waals surface area contributed by atoms with E-state index < -0.39 is 22.0 Å². The zero-order chi connectivity index (χ0) is 19.6. The highest BCUT2D eigenvalue weighted by Crippen LogP contribution is 2.21. The molecule has 1 atom stereocenters. The number of hydrogen-bond acceptors (Lipinski definition) is 4. The molecule has 0 saturated heterocycles. The summed E-state index contributed by atoms with van der Waals surface area (Å²) in [7, 11) is -2.63. The Morgan fingerprint density at radius 3 is 2.63 bits per heavy atom. The molecule has 0 amide bonds. The second-order valence-corrected chi connectivity index (χ2v) is 8.21. The molecule has 0 spiro atoms. The summed E-state index contributed by atoms with van der Waals surface area (Å²) in [4.78, 5) is 15.5. The van der Waals surface area contributed by atoms with Gasteiger partial charge in [0.25, 0.3) is 0 Å². The normalized spacial score (nSPS) is 12.9. The number of para-hydroxylation sites is 1. The van der Waals surface area contributed by atoms with Gasteiger partial charge in [-0.3, -0.25) is 4.79 Å². The molecule has 1 unspecified atom stereocenters. The fourth-order valence-electron chi connectivity index (χ4n) is 3.19. The predicted molar refractivity (Wildman–Crippen MR) is 104 cm³/mol. The van der Waals surface area contributed by atoms with Gasteiger partial charge in [0.15, 0.2) is 0 Å². The minimum absolute atomic E-state index is 0.154. The van der Waals surface area contributed by atoms with Gasteiger partial charge in [-0.05, 0) is 37.1 Å². The standard InChI is InChI=1S/C20H22N2O4S/c1-13-8-9-19(14(2)10-13)27(24,25)22-18(20(23)26-3)11-15-12-21-17-7-5-4-6-16(15)17/h4-10,12,18,21-22H,11H2,1-3H3. The minimum Gasteiger partial charge on any atom is -0.468 e. The van der Waals surface area contributed by atoms with Crippen LogP contribution in [0.1, 0.15) is 16.7 Å². The number of sulfonamides is 1. The van der Waals surface area contributed by atoms with Crippen molar-refractivity contribution in [3.63, 3.8) is 0 Å². The summed E-state index contributed by atoms with van der Waals surface area (Å²) in [5.74, 6) is -0.631. The number of hydrogen-bond donors (Lipinski definition) is 2. The molecular formula is C20H22N2O4S. The van der Waals surface area contributed by atoms with Crippen LogP contribution >= 0.6 is 0 Å².